The molecule has 2 aliphatic rings. The maximum atomic E-state index is 13.0. The molecule has 1 aromatic rings. The first-order valence-corrected chi connectivity index (χ1v) is 9.85. The highest BCUT2D eigenvalue weighted by Gasteiger charge is 2.39. The zero-order valence-electron chi connectivity index (χ0n) is 14.9. The van der Waals surface area contributed by atoms with Gasteiger partial charge in [0.15, 0.2) is 0 Å². The molecule has 8 nitrogen and oxygen atoms in total. The average Bonchev–Trinajstić information content (AvgIpc) is 3.32. The van der Waals surface area contributed by atoms with Gasteiger partial charge in [0.25, 0.3) is 0 Å². The van der Waals surface area contributed by atoms with Gasteiger partial charge in [-0.3, -0.25) is 9.59 Å². The van der Waals surface area contributed by atoms with Crippen LogP contribution in [0.2, 0.25) is 0 Å². The molecule has 0 aromatic carbocycles. The monoisotopic (exact) mass is 380 g/mol. The number of likely N-dealkylation sites (tertiary alicyclic amines) is 1. The molecule has 142 valence electrons. The Morgan fingerprint density at radius 2 is 2.31 bits per heavy atom. The van der Waals surface area contributed by atoms with Crippen LogP contribution in [0.5, 0.6) is 0 Å². The fraction of sp³-hybridized carbons (Fsp3) is 0.647. The maximum absolute atomic E-state index is 13.0. The van der Waals surface area contributed by atoms with Crippen LogP contribution in [0.3, 0.4) is 0 Å². The molecule has 2 N–H and O–H groups in total. The number of nitrogens with zero attached hydrogens (tertiary/aromatic N) is 2. The highest BCUT2D eigenvalue weighted by Crippen LogP contribution is 2.19. The Hall–Kier alpha value is -2.16. The molecule has 0 aliphatic carbocycles. The van der Waals surface area contributed by atoms with Gasteiger partial charge < -0.3 is 20.3 Å². The van der Waals surface area contributed by atoms with Crippen molar-refractivity contribution in [1.82, 2.24) is 20.5 Å². The van der Waals surface area contributed by atoms with Crippen molar-refractivity contribution in [3.8, 4) is 0 Å². The van der Waals surface area contributed by atoms with Gasteiger partial charge in [0.2, 0.25) is 11.8 Å². The number of nitrogens with one attached hydrogen (secondary N) is 2. The molecule has 4 atom stereocenters. The van der Waals surface area contributed by atoms with Crippen LogP contribution >= 0.6 is 11.3 Å². The normalized spacial score (nSPS) is 26.3. The molecule has 3 rings (SSSR count). The third kappa shape index (κ3) is 4.14. The Bertz CT molecular complexity index is 666. The number of hydrogen-bond donors (Lipinski definition) is 2. The van der Waals surface area contributed by atoms with Crippen molar-refractivity contribution in [2.75, 3.05) is 6.54 Å². The number of amides is 3. The quantitative estimate of drug-likeness (QED) is 0.769. The van der Waals surface area contributed by atoms with Crippen LogP contribution in [-0.4, -0.2) is 58.6 Å². The first-order valence-electron chi connectivity index (χ1n) is 8.90. The lowest BCUT2D eigenvalue weighted by molar-refractivity contribution is -0.137. The topological polar surface area (TPSA) is 101 Å². The predicted molar refractivity (Wildman–Crippen MR) is 95.6 cm³/mol. The van der Waals surface area contributed by atoms with Gasteiger partial charge in [-0.05, 0) is 39.5 Å². The van der Waals surface area contributed by atoms with Crippen molar-refractivity contribution in [3.63, 3.8) is 0 Å². The number of carbonyl (C=O) groups excluding carboxylic acids is 3. The Morgan fingerprint density at radius 1 is 1.50 bits per heavy atom. The van der Waals surface area contributed by atoms with Crippen molar-refractivity contribution in [3.05, 3.63) is 16.6 Å². The minimum Gasteiger partial charge on any atom is -0.444 e. The van der Waals surface area contributed by atoms with Gasteiger partial charge in [-0.15, -0.1) is 11.3 Å². The van der Waals surface area contributed by atoms with Gasteiger partial charge in [-0.2, -0.15) is 0 Å². The number of rotatable bonds is 6. The van der Waals surface area contributed by atoms with E-state index in [1.165, 1.54) is 11.3 Å². The Balaban J connectivity index is 1.68. The number of thiazole rings is 1. The Labute approximate surface area is 156 Å². The van der Waals surface area contributed by atoms with E-state index in [2.05, 4.69) is 15.6 Å². The number of carbonyl (C=O) groups is 3. The van der Waals surface area contributed by atoms with Crippen LogP contribution in [-0.2, 0) is 20.7 Å². The standard InChI is InChI=1S/C17H24N4O4S/c1-10-4-3-7-21(10)16(23)13(6-5-12-8-26-9-18-12)19-15(22)14-11(2)25-17(24)20-14/h8-11,13-14H,3-7H2,1-2H3,(H,19,22)(H,20,24)/t10-,11+,13+,14+/m1/s1. The summed E-state index contributed by atoms with van der Waals surface area (Å²) in [4.78, 5) is 43.0. The minimum atomic E-state index is -0.784. The van der Waals surface area contributed by atoms with Gasteiger partial charge in [-0.25, -0.2) is 9.78 Å². The highest BCUT2D eigenvalue weighted by atomic mass is 32.1. The highest BCUT2D eigenvalue weighted by molar-refractivity contribution is 7.07. The molecule has 3 amide bonds. The lowest BCUT2D eigenvalue weighted by atomic mass is 10.1. The molecule has 0 spiro atoms. The SMILES string of the molecule is C[C@@H]1OC(=O)N[C@@H]1C(=O)N[C@@H](CCc1cscn1)C(=O)N1CCC[C@H]1C. The second-order valence-corrected chi connectivity index (χ2v) is 7.55. The molecule has 0 radical (unpaired) electrons. The van der Waals surface area contributed by atoms with Crippen molar-refractivity contribution >= 4 is 29.2 Å². The molecular formula is C17H24N4O4S. The second kappa shape index (κ2) is 8.03. The Morgan fingerprint density at radius 3 is 2.88 bits per heavy atom. The number of cyclic esters (lactones) is 1. The average molecular weight is 380 g/mol. The van der Waals surface area contributed by atoms with Crippen LogP contribution in [0.4, 0.5) is 4.79 Å². The van der Waals surface area contributed by atoms with E-state index in [1.54, 1.807) is 12.4 Å². The molecular weight excluding hydrogens is 356 g/mol. The van der Waals surface area contributed by atoms with E-state index >= 15 is 0 Å². The number of alkyl carbamates (subject to hydrolysis) is 1. The van der Waals surface area contributed by atoms with Crippen molar-refractivity contribution in [2.24, 2.45) is 0 Å². The number of aryl methyl sites for hydroxylation is 1. The summed E-state index contributed by atoms with van der Waals surface area (Å²) < 4.78 is 4.96. The minimum absolute atomic E-state index is 0.0727. The largest absolute Gasteiger partial charge is 0.444 e. The summed E-state index contributed by atoms with van der Waals surface area (Å²) in [6.07, 6.45) is 1.84. The number of ether oxygens (including phenoxy) is 1. The van der Waals surface area contributed by atoms with Crippen molar-refractivity contribution in [1.29, 1.82) is 0 Å². The summed E-state index contributed by atoms with van der Waals surface area (Å²) in [5, 5.41) is 7.25. The van der Waals surface area contributed by atoms with E-state index in [0.29, 0.717) is 19.4 Å². The van der Waals surface area contributed by atoms with Gasteiger partial charge >= 0.3 is 6.09 Å². The fourth-order valence-electron chi connectivity index (χ4n) is 3.43. The molecule has 0 bridgehead atoms. The summed E-state index contributed by atoms with van der Waals surface area (Å²) in [7, 11) is 0. The summed E-state index contributed by atoms with van der Waals surface area (Å²) >= 11 is 1.50. The summed E-state index contributed by atoms with van der Waals surface area (Å²) in [5.41, 5.74) is 2.66. The third-order valence-corrected chi connectivity index (χ3v) is 5.58. The number of hydrogen-bond acceptors (Lipinski definition) is 6. The molecule has 0 unspecified atom stereocenters. The smallest absolute Gasteiger partial charge is 0.408 e. The van der Waals surface area contributed by atoms with Crippen LogP contribution < -0.4 is 10.6 Å². The van der Waals surface area contributed by atoms with Gasteiger partial charge in [0.1, 0.15) is 18.2 Å². The van der Waals surface area contributed by atoms with Crippen molar-refractivity contribution < 1.29 is 19.1 Å². The molecule has 26 heavy (non-hydrogen) atoms. The van der Waals surface area contributed by atoms with Crippen LogP contribution in [0.25, 0.3) is 0 Å². The van der Waals surface area contributed by atoms with E-state index in [9.17, 15) is 14.4 Å². The lowest BCUT2D eigenvalue weighted by Gasteiger charge is -2.28. The molecule has 1 aromatic heterocycles. The summed E-state index contributed by atoms with van der Waals surface area (Å²) in [6.45, 7) is 4.39. The maximum Gasteiger partial charge on any atom is 0.408 e. The molecule has 3 heterocycles. The third-order valence-electron chi connectivity index (χ3n) is 4.94. The lowest BCUT2D eigenvalue weighted by Crippen LogP contribution is -2.55. The molecule has 2 aliphatic heterocycles. The molecule has 2 saturated heterocycles. The predicted octanol–water partition coefficient (Wildman–Crippen LogP) is 1.07. The van der Waals surface area contributed by atoms with Crippen molar-refractivity contribution in [2.45, 2.75) is 63.8 Å². The second-order valence-electron chi connectivity index (χ2n) is 6.83. The van der Waals surface area contributed by atoms with Gasteiger partial charge in [0.05, 0.1) is 11.2 Å². The first-order chi connectivity index (χ1) is 12.5. The van der Waals surface area contributed by atoms with Crippen LogP contribution in [0.1, 0.15) is 38.8 Å². The van der Waals surface area contributed by atoms with E-state index in [4.69, 9.17) is 4.74 Å². The van der Waals surface area contributed by atoms with E-state index < -0.39 is 30.2 Å². The number of aromatic nitrogens is 1. The Kier molecular flexibility index (Phi) is 5.75. The molecule has 9 heteroatoms. The van der Waals surface area contributed by atoms with Gasteiger partial charge in [-0.1, -0.05) is 0 Å². The molecule has 0 saturated carbocycles. The summed E-state index contributed by atoms with van der Waals surface area (Å²) in [6, 6.07) is -1.25. The van der Waals surface area contributed by atoms with E-state index in [-0.39, 0.29) is 11.9 Å². The zero-order valence-corrected chi connectivity index (χ0v) is 15.8. The van der Waals surface area contributed by atoms with Gasteiger partial charge in [0, 0.05) is 18.0 Å². The first kappa shape index (κ1) is 18.6. The summed E-state index contributed by atoms with van der Waals surface area (Å²) in [5.74, 6) is -0.469. The van der Waals surface area contributed by atoms with E-state index in [0.717, 1.165) is 18.5 Å². The van der Waals surface area contributed by atoms with Crippen LogP contribution in [0.15, 0.2) is 10.9 Å². The molecule has 2 fully saturated rings. The van der Waals surface area contributed by atoms with Crippen LogP contribution in [0, 0.1) is 0 Å². The zero-order chi connectivity index (χ0) is 18.7. The van der Waals surface area contributed by atoms with E-state index in [1.807, 2.05) is 17.2 Å². The fourth-order valence-corrected chi connectivity index (χ4v) is 4.02.